The van der Waals surface area contributed by atoms with Crippen LogP contribution in [0.5, 0.6) is 0 Å². The quantitative estimate of drug-likeness (QED) is 0.453. The van der Waals surface area contributed by atoms with Gasteiger partial charge in [-0.15, -0.1) is 12.6 Å². The zero-order valence-electron chi connectivity index (χ0n) is 5.44. The minimum Gasteiger partial charge on any atom is -0.142 e. The van der Waals surface area contributed by atoms with Gasteiger partial charge in [-0.2, -0.15) is 0 Å². The maximum atomic E-state index is 5.65. The average molecular weight is 202 g/mol. The number of halogens is 2. The molecule has 0 spiro atoms. The van der Waals surface area contributed by atoms with Crippen molar-refractivity contribution in [2.24, 2.45) is 0 Å². The van der Waals surface area contributed by atoms with Crippen molar-refractivity contribution in [3.05, 3.63) is 28.2 Å². The molecule has 4 heteroatoms. The van der Waals surface area contributed by atoms with E-state index in [-0.39, 0.29) is 29.6 Å². The SMILES string of the molecule is Sc1cc(Cl)ccc1Cl.[Na+]. The summed E-state index contributed by atoms with van der Waals surface area (Å²) in [7, 11) is 0. The molecule has 0 atom stereocenters. The average Bonchev–Trinajstić information content (AvgIpc) is 1.80. The van der Waals surface area contributed by atoms with Crippen molar-refractivity contribution >= 4 is 35.8 Å². The van der Waals surface area contributed by atoms with Crippen LogP contribution in [0.25, 0.3) is 0 Å². The third kappa shape index (κ3) is 3.04. The molecule has 0 aromatic heterocycles. The van der Waals surface area contributed by atoms with Gasteiger partial charge in [0.25, 0.3) is 0 Å². The molecule has 1 aromatic carbocycles. The first kappa shape index (κ1) is 11.2. The molecular formula is C6H4Cl2NaS+. The van der Waals surface area contributed by atoms with Crippen molar-refractivity contribution < 1.29 is 29.6 Å². The minimum absolute atomic E-state index is 0. The second-order valence-corrected chi connectivity index (χ2v) is 2.92. The zero-order chi connectivity index (χ0) is 6.85. The van der Waals surface area contributed by atoms with E-state index >= 15 is 0 Å². The van der Waals surface area contributed by atoms with Crippen LogP contribution in [0.3, 0.4) is 0 Å². The molecule has 1 rings (SSSR count). The Morgan fingerprint density at radius 1 is 1.20 bits per heavy atom. The van der Waals surface area contributed by atoms with Crippen LogP contribution in [0, 0.1) is 0 Å². The largest absolute Gasteiger partial charge is 1.00 e. The molecule has 0 nitrogen and oxygen atoms in total. The van der Waals surface area contributed by atoms with E-state index < -0.39 is 0 Å². The first-order chi connectivity index (χ1) is 4.20. The van der Waals surface area contributed by atoms with Crippen molar-refractivity contribution in [1.29, 1.82) is 0 Å². The predicted molar refractivity (Wildman–Crippen MR) is 43.7 cm³/mol. The summed E-state index contributed by atoms with van der Waals surface area (Å²) in [5, 5.41) is 1.28. The van der Waals surface area contributed by atoms with Gasteiger partial charge in [0.15, 0.2) is 0 Å². The molecule has 0 unspecified atom stereocenters. The Kier molecular flexibility index (Phi) is 5.48. The fourth-order valence-electron chi connectivity index (χ4n) is 0.486. The van der Waals surface area contributed by atoms with E-state index in [1.807, 2.05) is 0 Å². The number of rotatable bonds is 0. The standard InChI is InChI=1S/C6H4Cl2S.Na/c7-4-1-2-5(8)6(9)3-4;/h1-3,9H;/q;+1. The summed E-state index contributed by atoms with van der Waals surface area (Å²) < 4.78 is 0. The van der Waals surface area contributed by atoms with E-state index in [1.165, 1.54) is 0 Å². The summed E-state index contributed by atoms with van der Waals surface area (Å²) in [6.07, 6.45) is 0. The van der Waals surface area contributed by atoms with Crippen LogP contribution in [-0.4, -0.2) is 0 Å². The van der Waals surface area contributed by atoms with Crippen LogP contribution in [0.1, 0.15) is 0 Å². The number of hydrogen-bond acceptors (Lipinski definition) is 1. The van der Waals surface area contributed by atoms with Crippen LogP contribution in [0.15, 0.2) is 23.1 Å². The molecule has 0 N–H and O–H groups in total. The molecule has 0 aliphatic carbocycles. The summed E-state index contributed by atoms with van der Waals surface area (Å²) in [6, 6.07) is 5.14. The minimum atomic E-state index is 0. The van der Waals surface area contributed by atoms with Gasteiger partial charge in [0.1, 0.15) is 0 Å². The summed E-state index contributed by atoms with van der Waals surface area (Å²) in [5.74, 6) is 0. The Labute approximate surface area is 97.6 Å². The normalized spacial score (nSPS) is 8.70. The number of hydrogen-bond donors (Lipinski definition) is 1. The maximum Gasteiger partial charge on any atom is 1.00 e. The summed E-state index contributed by atoms with van der Waals surface area (Å²) in [4.78, 5) is 0.712. The van der Waals surface area contributed by atoms with Gasteiger partial charge in [0.2, 0.25) is 0 Å². The van der Waals surface area contributed by atoms with E-state index in [0.29, 0.717) is 14.9 Å². The fraction of sp³-hybridized carbons (Fsp3) is 0. The number of benzene rings is 1. The molecule has 0 bridgehead atoms. The van der Waals surface area contributed by atoms with Crippen molar-refractivity contribution in [2.75, 3.05) is 0 Å². The van der Waals surface area contributed by atoms with Gasteiger partial charge in [0.05, 0.1) is 5.02 Å². The second-order valence-electron chi connectivity index (χ2n) is 1.60. The molecule has 0 amide bonds. The summed E-state index contributed by atoms with van der Waals surface area (Å²) >= 11 is 15.3. The molecule has 48 valence electrons. The smallest absolute Gasteiger partial charge is 0.142 e. The first-order valence-corrected chi connectivity index (χ1v) is 3.54. The fourth-order valence-corrected chi connectivity index (χ4v) is 1.07. The van der Waals surface area contributed by atoms with E-state index in [4.69, 9.17) is 23.2 Å². The van der Waals surface area contributed by atoms with Gasteiger partial charge in [-0.25, -0.2) is 0 Å². The molecule has 10 heavy (non-hydrogen) atoms. The van der Waals surface area contributed by atoms with Crippen molar-refractivity contribution in [3.63, 3.8) is 0 Å². The monoisotopic (exact) mass is 201 g/mol. The van der Waals surface area contributed by atoms with Crippen LogP contribution in [-0.2, 0) is 0 Å². The molecule has 1 aromatic rings. The predicted octanol–water partition coefficient (Wildman–Crippen LogP) is 0.286. The van der Waals surface area contributed by atoms with Crippen LogP contribution >= 0.6 is 35.8 Å². The summed E-state index contributed by atoms with van der Waals surface area (Å²) in [6.45, 7) is 0. The number of thiol groups is 1. The Balaban J connectivity index is 0.000000810. The van der Waals surface area contributed by atoms with Crippen LogP contribution < -0.4 is 29.6 Å². The van der Waals surface area contributed by atoms with Gasteiger partial charge >= 0.3 is 29.6 Å². The van der Waals surface area contributed by atoms with Gasteiger partial charge in [-0.05, 0) is 18.2 Å². The van der Waals surface area contributed by atoms with Crippen molar-refractivity contribution in [1.82, 2.24) is 0 Å². The topological polar surface area (TPSA) is 0 Å². The molecule has 0 fully saturated rings. The Morgan fingerprint density at radius 2 is 1.80 bits per heavy atom. The van der Waals surface area contributed by atoms with Crippen molar-refractivity contribution in [3.8, 4) is 0 Å². The van der Waals surface area contributed by atoms with E-state index in [0.717, 1.165) is 0 Å². The van der Waals surface area contributed by atoms with E-state index in [2.05, 4.69) is 12.6 Å². The zero-order valence-corrected chi connectivity index (χ0v) is 9.84. The Morgan fingerprint density at radius 3 is 2.20 bits per heavy atom. The van der Waals surface area contributed by atoms with E-state index in [9.17, 15) is 0 Å². The van der Waals surface area contributed by atoms with E-state index in [1.54, 1.807) is 18.2 Å². The second kappa shape index (κ2) is 4.91. The van der Waals surface area contributed by atoms with Crippen LogP contribution in [0.4, 0.5) is 0 Å². The summed E-state index contributed by atoms with van der Waals surface area (Å²) in [5.41, 5.74) is 0. The molecule has 0 heterocycles. The third-order valence-electron chi connectivity index (χ3n) is 0.908. The van der Waals surface area contributed by atoms with Crippen LogP contribution in [0.2, 0.25) is 10.0 Å². The van der Waals surface area contributed by atoms with Gasteiger partial charge < -0.3 is 0 Å². The van der Waals surface area contributed by atoms with Gasteiger partial charge in [-0.1, -0.05) is 23.2 Å². The molecule has 0 saturated carbocycles. The Bertz CT molecular complexity index is 227. The van der Waals surface area contributed by atoms with Gasteiger partial charge in [-0.3, -0.25) is 0 Å². The molecule has 0 radical (unpaired) electrons. The molecule has 0 aliphatic heterocycles. The molecular weight excluding hydrogens is 198 g/mol. The maximum absolute atomic E-state index is 5.65. The first-order valence-electron chi connectivity index (χ1n) is 2.34. The Hall–Kier alpha value is 1.15. The van der Waals surface area contributed by atoms with Gasteiger partial charge in [0, 0.05) is 9.92 Å². The third-order valence-corrected chi connectivity index (χ3v) is 1.97. The van der Waals surface area contributed by atoms with Crippen molar-refractivity contribution in [2.45, 2.75) is 4.90 Å². The molecule has 0 saturated heterocycles. The molecule has 0 aliphatic rings.